The molecule has 1 saturated heterocycles. The lowest BCUT2D eigenvalue weighted by molar-refractivity contribution is -0.182. The van der Waals surface area contributed by atoms with E-state index < -0.39 is 11.6 Å². The van der Waals surface area contributed by atoms with E-state index in [1.165, 1.54) is 11.8 Å². The normalized spacial score (nSPS) is 24.1. The van der Waals surface area contributed by atoms with Crippen molar-refractivity contribution in [2.45, 2.75) is 19.1 Å². The molecule has 1 aliphatic rings. The molecule has 5 heteroatoms. The van der Waals surface area contributed by atoms with Gasteiger partial charge in [-0.3, -0.25) is 4.79 Å². The van der Waals surface area contributed by atoms with Gasteiger partial charge in [0.15, 0.2) is 5.60 Å². The first-order chi connectivity index (χ1) is 8.51. The van der Waals surface area contributed by atoms with Gasteiger partial charge in [-0.25, -0.2) is 4.79 Å². The van der Waals surface area contributed by atoms with Crippen molar-refractivity contribution in [1.29, 1.82) is 0 Å². The minimum atomic E-state index is -1.32. The zero-order chi connectivity index (χ0) is 13.2. The summed E-state index contributed by atoms with van der Waals surface area (Å²) in [7, 11) is 0. The molecule has 1 aromatic rings. The Morgan fingerprint density at radius 2 is 2.11 bits per heavy atom. The van der Waals surface area contributed by atoms with E-state index in [0.29, 0.717) is 6.54 Å². The lowest BCUT2D eigenvalue weighted by atomic mass is 10.0. The Morgan fingerprint density at radius 1 is 1.44 bits per heavy atom. The van der Waals surface area contributed by atoms with E-state index in [9.17, 15) is 9.59 Å². The molecule has 0 aliphatic carbocycles. The molecule has 18 heavy (non-hydrogen) atoms. The summed E-state index contributed by atoms with van der Waals surface area (Å²) in [5.41, 5.74) is -0.344. The van der Waals surface area contributed by atoms with E-state index in [1.807, 2.05) is 30.3 Å². The Labute approximate surface area is 105 Å². The topological polar surface area (TPSA) is 66.8 Å². The quantitative estimate of drug-likeness (QED) is 0.863. The van der Waals surface area contributed by atoms with Crippen LogP contribution in [0.1, 0.15) is 12.5 Å². The van der Waals surface area contributed by atoms with Crippen molar-refractivity contribution in [3.05, 3.63) is 35.9 Å². The number of hydrogen-bond donors (Lipinski definition) is 1. The van der Waals surface area contributed by atoms with E-state index in [1.54, 1.807) is 0 Å². The van der Waals surface area contributed by atoms with Crippen LogP contribution in [0.15, 0.2) is 30.3 Å². The SMILES string of the molecule is CC1(C(=O)O)CN(Cc2ccccc2)C(=O)CO1. The second-order valence-electron chi connectivity index (χ2n) is 4.56. The number of carboxylic acid groups (broad SMARTS) is 1. The van der Waals surface area contributed by atoms with Gasteiger partial charge in [0.05, 0.1) is 6.54 Å². The van der Waals surface area contributed by atoms with Gasteiger partial charge in [0, 0.05) is 6.54 Å². The molecule has 1 aliphatic heterocycles. The molecule has 1 amide bonds. The number of carboxylic acids is 1. The van der Waals surface area contributed by atoms with Crippen LogP contribution in [0.3, 0.4) is 0 Å². The van der Waals surface area contributed by atoms with Gasteiger partial charge < -0.3 is 14.7 Å². The summed E-state index contributed by atoms with van der Waals surface area (Å²) in [4.78, 5) is 24.4. The van der Waals surface area contributed by atoms with E-state index in [0.717, 1.165) is 5.56 Å². The largest absolute Gasteiger partial charge is 0.479 e. The zero-order valence-electron chi connectivity index (χ0n) is 10.1. The Balaban J connectivity index is 2.11. The van der Waals surface area contributed by atoms with Crippen molar-refractivity contribution < 1.29 is 19.4 Å². The number of nitrogens with zero attached hydrogens (tertiary/aromatic N) is 1. The molecule has 0 radical (unpaired) electrons. The van der Waals surface area contributed by atoms with Crippen LogP contribution < -0.4 is 0 Å². The Bertz CT molecular complexity index is 459. The molecule has 96 valence electrons. The summed E-state index contributed by atoms with van der Waals surface area (Å²) in [5.74, 6) is -1.23. The number of benzene rings is 1. The van der Waals surface area contributed by atoms with Crippen LogP contribution in [-0.4, -0.2) is 40.6 Å². The van der Waals surface area contributed by atoms with Crippen LogP contribution in [0, 0.1) is 0 Å². The maximum Gasteiger partial charge on any atom is 0.337 e. The summed E-state index contributed by atoms with van der Waals surface area (Å²) in [6.07, 6.45) is 0. The molecule has 0 saturated carbocycles. The minimum Gasteiger partial charge on any atom is -0.479 e. The van der Waals surface area contributed by atoms with Gasteiger partial charge in [-0.2, -0.15) is 0 Å². The molecule has 1 atom stereocenters. The number of rotatable bonds is 3. The lowest BCUT2D eigenvalue weighted by Gasteiger charge is -2.37. The summed E-state index contributed by atoms with van der Waals surface area (Å²) in [6.45, 7) is 1.78. The third-order valence-electron chi connectivity index (χ3n) is 3.03. The van der Waals surface area contributed by atoms with Gasteiger partial charge in [0.1, 0.15) is 6.61 Å². The number of carbonyl (C=O) groups excluding carboxylic acids is 1. The number of morpholine rings is 1. The average Bonchev–Trinajstić information content (AvgIpc) is 2.35. The average molecular weight is 249 g/mol. The first-order valence-electron chi connectivity index (χ1n) is 5.70. The molecule has 0 spiro atoms. The van der Waals surface area contributed by atoms with Gasteiger partial charge in [-0.1, -0.05) is 30.3 Å². The highest BCUT2D eigenvalue weighted by Crippen LogP contribution is 2.20. The fraction of sp³-hybridized carbons (Fsp3) is 0.385. The van der Waals surface area contributed by atoms with E-state index in [-0.39, 0.29) is 19.1 Å². The van der Waals surface area contributed by atoms with Crippen molar-refractivity contribution in [3.8, 4) is 0 Å². The van der Waals surface area contributed by atoms with E-state index in [2.05, 4.69) is 0 Å². The second-order valence-corrected chi connectivity index (χ2v) is 4.56. The van der Waals surface area contributed by atoms with E-state index >= 15 is 0 Å². The molecule has 0 aromatic heterocycles. The zero-order valence-corrected chi connectivity index (χ0v) is 10.1. The Hall–Kier alpha value is -1.88. The number of hydrogen-bond acceptors (Lipinski definition) is 3. The molecule has 2 rings (SSSR count). The predicted molar refractivity (Wildman–Crippen MR) is 63.9 cm³/mol. The molecule has 1 unspecified atom stereocenters. The van der Waals surface area contributed by atoms with Crippen LogP contribution in [-0.2, 0) is 20.9 Å². The van der Waals surface area contributed by atoms with Gasteiger partial charge in [-0.15, -0.1) is 0 Å². The maximum absolute atomic E-state index is 11.7. The smallest absolute Gasteiger partial charge is 0.337 e. The molecule has 5 nitrogen and oxygen atoms in total. The van der Waals surface area contributed by atoms with Crippen molar-refractivity contribution in [2.24, 2.45) is 0 Å². The van der Waals surface area contributed by atoms with Crippen molar-refractivity contribution in [2.75, 3.05) is 13.2 Å². The molecular formula is C13H15NO4. The number of amides is 1. The Kier molecular flexibility index (Phi) is 3.34. The highest BCUT2D eigenvalue weighted by molar-refractivity contribution is 5.83. The first kappa shape index (κ1) is 12.6. The number of aliphatic carboxylic acids is 1. The standard InChI is InChI=1S/C13H15NO4/c1-13(12(16)17)9-14(11(15)8-18-13)7-10-5-3-2-4-6-10/h2-6H,7-9H2,1H3,(H,16,17). The Morgan fingerprint density at radius 3 is 2.72 bits per heavy atom. The molecule has 1 heterocycles. The monoisotopic (exact) mass is 249 g/mol. The van der Waals surface area contributed by atoms with Crippen LogP contribution >= 0.6 is 0 Å². The molecule has 1 aromatic carbocycles. The molecule has 1 fully saturated rings. The van der Waals surface area contributed by atoms with Gasteiger partial charge in [0.2, 0.25) is 5.91 Å². The molecule has 1 N–H and O–H groups in total. The van der Waals surface area contributed by atoms with Crippen LogP contribution in [0.4, 0.5) is 0 Å². The van der Waals surface area contributed by atoms with Gasteiger partial charge in [0.25, 0.3) is 0 Å². The second kappa shape index (κ2) is 4.78. The number of ether oxygens (including phenoxy) is 1. The highest BCUT2D eigenvalue weighted by atomic mass is 16.5. The summed E-state index contributed by atoms with van der Waals surface area (Å²) in [6, 6.07) is 9.47. The molecule has 0 bridgehead atoms. The van der Waals surface area contributed by atoms with Crippen LogP contribution in [0.25, 0.3) is 0 Å². The lowest BCUT2D eigenvalue weighted by Crippen LogP contribution is -2.56. The fourth-order valence-corrected chi connectivity index (χ4v) is 1.89. The van der Waals surface area contributed by atoms with Crippen LogP contribution in [0.5, 0.6) is 0 Å². The summed E-state index contributed by atoms with van der Waals surface area (Å²) >= 11 is 0. The minimum absolute atomic E-state index is 0.0655. The first-order valence-corrected chi connectivity index (χ1v) is 5.70. The van der Waals surface area contributed by atoms with Crippen molar-refractivity contribution >= 4 is 11.9 Å². The van der Waals surface area contributed by atoms with Gasteiger partial charge >= 0.3 is 5.97 Å². The predicted octanol–water partition coefficient (Wildman–Crippen LogP) is 0.889. The third kappa shape index (κ3) is 2.51. The van der Waals surface area contributed by atoms with Crippen molar-refractivity contribution in [3.63, 3.8) is 0 Å². The van der Waals surface area contributed by atoms with Crippen molar-refractivity contribution in [1.82, 2.24) is 4.90 Å². The van der Waals surface area contributed by atoms with E-state index in [4.69, 9.17) is 9.84 Å². The maximum atomic E-state index is 11.7. The van der Waals surface area contributed by atoms with Gasteiger partial charge in [-0.05, 0) is 12.5 Å². The summed E-state index contributed by atoms with van der Waals surface area (Å²) < 4.78 is 5.12. The molecular weight excluding hydrogens is 234 g/mol. The fourth-order valence-electron chi connectivity index (χ4n) is 1.89. The summed E-state index contributed by atoms with van der Waals surface area (Å²) in [5, 5.41) is 9.10. The number of carbonyl (C=O) groups is 2. The van der Waals surface area contributed by atoms with Crippen LogP contribution in [0.2, 0.25) is 0 Å². The highest BCUT2D eigenvalue weighted by Gasteiger charge is 2.42. The third-order valence-corrected chi connectivity index (χ3v) is 3.03.